The third kappa shape index (κ3) is 3.92. The zero-order chi connectivity index (χ0) is 17.6. The van der Waals surface area contributed by atoms with Crippen LogP contribution in [-0.2, 0) is 11.3 Å². The molecule has 0 saturated carbocycles. The molecule has 1 aromatic carbocycles. The zero-order valence-electron chi connectivity index (χ0n) is 14.0. The summed E-state index contributed by atoms with van der Waals surface area (Å²) in [6, 6.07) is 9.53. The second-order valence-electron chi connectivity index (χ2n) is 5.35. The van der Waals surface area contributed by atoms with Gasteiger partial charge in [0.05, 0.1) is 24.0 Å². The number of benzene rings is 1. The van der Waals surface area contributed by atoms with E-state index in [-0.39, 0.29) is 18.6 Å². The number of amides is 1. The van der Waals surface area contributed by atoms with Gasteiger partial charge >= 0.3 is 0 Å². The predicted molar refractivity (Wildman–Crippen MR) is 89.5 cm³/mol. The minimum absolute atomic E-state index is 0.129. The molecular formula is C17H19N5O3. The third-order valence-corrected chi connectivity index (χ3v) is 3.61. The second-order valence-corrected chi connectivity index (χ2v) is 5.35. The molecule has 0 radical (unpaired) electrons. The first-order chi connectivity index (χ1) is 12.2. The Morgan fingerprint density at radius 1 is 1.36 bits per heavy atom. The number of H-pyrrole nitrogens is 1. The molecular weight excluding hydrogens is 322 g/mol. The van der Waals surface area contributed by atoms with E-state index in [0.29, 0.717) is 29.6 Å². The first-order valence-electron chi connectivity index (χ1n) is 8.00. The van der Waals surface area contributed by atoms with Gasteiger partial charge in [0, 0.05) is 12.2 Å². The number of carbonyl (C=O) groups is 1. The monoisotopic (exact) mass is 341 g/mol. The van der Waals surface area contributed by atoms with E-state index in [0.717, 1.165) is 5.56 Å². The summed E-state index contributed by atoms with van der Waals surface area (Å²) in [5.74, 6) is 0.504. The van der Waals surface area contributed by atoms with Crippen LogP contribution in [0.15, 0.2) is 41.1 Å². The lowest BCUT2D eigenvalue weighted by molar-refractivity contribution is 0.0683. The molecule has 0 spiro atoms. The number of ether oxygens (including phenoxy) is 1. The highest BCUT2D eigenvalue weighted by atomic mass is 16.5. The highest BCUT2D eigenvalue weighted by molar-refractivity contribution is 5.99. The van der Waals surface area contributed by atoms with E-state index in [2.05, 4.69) is 25.7 Å². The molecule has 130 valence electrons. The van der Waals surface area contributed by atoms with Crippen LogP contribution in [-0.4, -0.2) is 32.9 Å². The summed E-state index contributed by atoms with van der Waals surface area (Å²) >= 11 is 0. The van der Waals surface area contributed by atoms with Crippen LogP contribution in [0.1, 0.15) is 42.0 Å². The van der Waals surface area contributed by atoms with Crippen LogP contribution in [0.4, 0.5) is 0 Å². The van der Waals surface area contributed by atoms with E-state index in [4.69, 9.17) is 9.26 Å². The Balaban J connectivity index is 1.65. The Morgan fingerprint density at radius 2 is 2.16 bits per heavy atom. The highest BCUT2D eigenvalue weighted by Gasteiger charge is 2.17. The Hall–Kier alpha value is -3.00. The molecule has 2 aromatic heterocycles. The average Bonchev–Trinajstić information content (AvgIpc) is 3.30. The highest BCUT2D eigenvalue weighted by Crippen LogP contribution is 2.20. The molecule has 8 nitrogen and oxygen atoms in total. The molecule has 2 N–H and O–H groups in total. The topological polar surface area (TPSA) is 106 Å². The summed E-state index contributed by atoms with van der Waals surface area (Å²) < 4.78 is 10.5. The summed E-state index contributed by atoms with van der Waals surface area (Å²) in [7, 11) is 0. The summed E-state index contributed by atoms with van der Waals surface area (Å²) in [6.07, 6.45) is 1.24. The number of nitrogens with one attached hydrogen (secondary N) is 2. The van der Waals surface area contributed by atoms with Crippen molar-refractivity contribution in [3.8, 4) is 11.3 Å². The van der Waals surface area contributed by atoms with Crippen molar-refractivity contribution in [1.29, 1.82) is 0 Å². The van der Waals surface area contributed by atoms with Crippen LogP contribution in [0.5, 0.6) is 0 Å². The molecule has 3 rings (SSSR count). The number of carbonyl (C=O) groups excluding carboxylic acids is 1. The van der Waals surface area contributed by atoms with Crippen molar-refractivity contribution in [2.24, 2.45) is 0 Å². The summed E-state index contributed by atoms with van der Waals surface area (Å²) in [6.45, 7) is 4.43. The standard InChI is InChI=1S/C17H19N5O3/c1-3-24-11(2)16-20-14(25-22-16)10-18-17(23)13-9-19-21-15(13)12-7-5-4-6-8-12/h4-9,11H,3,10H2,1-2H3,(H,18,23)(H,19,21). The number of aromatic nitrogens is 4. The van der Waals surface area contributed by atoms with E-state index in [1.165, 1.54) is 6.20 Å². The van der Waals surface area contributed by atoms with E-state index in [1.807, 2.05) is 44.2 Å². The average molecular weight is 341 g/mol. The van der Waals surface area contributed by atoms with Crippen LogP contribution < -0.4 is 5.32 Å². The minimum Gasteiger partial charge on any atom is -0.371 e. The number of nitrogens with zero attached hydrogens (tertiary/aromatic N) is 3. The van der Waals surface area contributed by atoms with Crippen molar-refractivity contribution in [1.82, 2.24) is 25.7 Å². The fourth-order valence-corrected chi connectivity index (χ4v) is 2.36. The smallest absolute Gasteiger partial charge is 0.255 e. The summed E-state index contributed by atoms with van der Waals surface area (Å²) in [4.78, 5) is 16.7. The molecule has 0 fully saturated rings. The van der Waals surface area contributed by atoms with Crippen molar-refractivity contribution >= 4 is 5.91 Å². The predicted octanol–water partition coefficient (Wildman–Crippen LogP) is 2.49. The van der Waals surface area contributed by atoms with Gasteiger partial charge in [-0.3, -0.25) is 9.89 Å². The lowest BCUT2D eigenvalue weighted by atomic mass is 10.1. The van der Waals surface area contributed by atoms with Crippen LogP contribution in [0.2, 0.25) is 0 Å². The molecule has 25 heavy (non-hydrogen) atoms. The molecule has 0 saturated heterocycles. The fourth-order valence-electron chi connectivity index (χ4n) is 2.36. The lowest BCUT2D eigenvalue weighted by Crippen LogP contribution is -2.23. The zero-order valence-corrected chi connectivity index (χ0v) is 14.0. The maximum Gasteiger partial charge on any atom is 0.255 e. The van der Waals surface area contributed by atoms with Crippen LogP contribution in [0.25, 0.3) is 11.3 Å². The van der Waals surface area contributed by atoms with Gasteiger partial charge in [0.25, 0.3) is 5.91 Å². The van der Waals surface area contributed by atoms with Crippen molar-refractivity contribution in [2.75, 3.05) is 6.61 Å². The molecule has 0 bridgehead atoms. The van der Waals surface area contributed by atoms with Crippen molar-refractivity contribution in [3.05, 3.63) is 53.8 Å². The molecule has 0 aliphatic carbocycles. The Bertz CT molecular complexity index is 828. The molecule has 1 amide bonds. The van der Waals surface area contributed by atoms with E-state index in [9.17, 15) is 4.79 Å². The fraction of sp³-hybridized carbons (Fsp3) is 0.294. The first kappa shape index (κ1) is 16.8. The normalized spacial score (nSPS) is 12.1. The summed E-state index contributed by atoms with van der Waals surface area (Å²) in [5, 5.41) is 13.4. The van der Waals surface area contributed by atoms with Crippen molar-refractivity contribution in [3.63, 3.8) is 0 Å². The minimum atomic E-state index is -0.273. The third-order valence-electron chi connectivity index (χ3n) is 3.61. The molecule has 8 heteroatoms. The molecule has 2 heterocycles. The van der Waals surface area contributed by atoms with Gasteiger partial charge in [-0.05, 0) is 13.8 Å². The largest absolute Gasteiger partial charge is 0.371 e. The number of hydrogen-bond donors (Lipinski definition) is 2. The van der Waals surface area contributed by atoms with Crippen molar-refractivity contribution in [2.45, 2.75) is 26.5 Å². The number of hydrogen-bond acceptors (Lipinski definition) is 6. The van der Waals surface area contributed by atoms with Crippen molar-refractivity contribution < 1.29 is 14.1 Å². The molecule has 0 aliphatic rings. The maximum atomic E-state index is 12.4. The van der Waals surface area contributed by atoms with Crippen LogP contribution >= 0.6 is 0 Å². The quantitative estimate of drug-likeness (QED) is 0.684. The maximum absolute atomic E-state index is 12.4. The Kier molecular flexibility index (Phi) is 5.20. The van der Waals surface area contributed by atoms with E-state index in [1.54, 1.807) is 0 Å². The van der Waals surface area contributed by atoms with Crippen LogP contribution in [0, 0.1) is 0 Å². The Morgan fingerprint density at radius 3 is 2.92 bits per heavy atom. The first-order valence-corrected chi connectivity index (χ1v) is 8.00. The van der Waals surface area contributed by atoms with Crippen LogP contribution in [0.3, 0.4) is 0 Å². The molecule has 1 atom stereocenters. The Labute approximate surface area is 144 Å². The van der Waals surface area contributed by atoms with Gasteiger partial charge in [0.2, 0.25) is 5.89 Å². The van der Waals surface area contributed by atoms with Gasteiger partial charge in [-0.15, -0.1) is 0 Å². The second kappa shape index (κ2) is 7.71. The van der Waals surface area contributed by atoms with Gasteiger partial charge in [-0.1, -0.05) is 35.5 Å². The SMILES string of the molecule is CCOC(C)c1noc(CNC(=O)c2cn[nH]c2-c2ccccc2)n1. The number of rotatable bonds is 7. The van der Waals surface area contributed by atoms with Gasteiger partial charge < -0.3 is 14.6 Å². The van der Waals surface area contributed by atoms with E-state index >= 15 is 0 Å². The lowest BCUT2D eigenvalue weighted by Gasteiger charge is -2.05. The molecule has 0 aliphatic heterocycles. The van der Waals surface area contributed by atoms with E-state index < -0.39 is 0 Å². The van der Waals surface area contributed by atoms with Gasteiger partial charge in [0.1, 0.15) is 6.10 Å². The van der Waals surface area contributed by atoms with Gasteiger partial charge in [-0.25, -0.2) is 0 Å². The molecule has 1 unspecified atom stereocenters. The number of aromatic amines is 1. The van der Waals surface area contributed by atoms with Gasteiger partial charge in [0.15, 0.2) is 5.82 Å². The molecule has 3 aromatic rings. The summed E-state index contributed by atoms with van der Waals surface area (Å²) in [5.41, 5.74) is 2.00. The van der Waals surface area contributed by atoms with Gasteiger partial charge in [-0.2, -0.15) is 10.1 Å².